The van der Waals surface area contributed by atoms with Crippen LogP contribution in [0.1, 0.15) is 19.3 Å². The summed E-state index contributed by atoms with van der Waals surface area (Å²) in [7, 11) is 2.90. The zero-order valence-corrected chi connectivity index (χ0v) is 11.5. The molecule has 0 radical (unpaired) electrons. The van der Waals surface area contributed by atoms with E-state index >= 15 is 0 Å². The van der Waals surface area contributed by atoms with Gasteiger partial charge < -0.3 is 19.9 Å². The van der Waals surface area contributed by atoms with Crippen molar-refractivity contribution >= 4 is 11.4 Å². The van der Waals surface area contributed by atoms with Crippen molar-refractivity contribution < 1.29 is 19.5 Å². The van der Waals surface area contributed by atoms with E-state index in [-0.39, 0.29) is 12.3 Å². The number of nitrogens with zero attached hydrogens (tertiary/aromatic N) is 1. The van der Waals surface area contributed by atoms with E-state index in [1.807, 2.05) is 0 Å². The van der Waals surface area contributed by atoms with E-state index in [0.29, 0.717) is 17.2 Å². The van der Waals surface area contributed by atoms with Crippen LogP contribution in [0.4, 0.5) is 11.4 Å². The first-order valence-corrected chi connectivity index (χ1v) is 6.35. The van der Waals surface area contributed by atoms with Gasteiger partial charge in [-0.05, 0) is 19.3 Å². The lowest BCUT2D eigenvalue weighted by Crippen LogP contribution is -2.48. The summed E-state index contributed by atoms with van der Waals surface area (Å²) in [6.07, 6.45) is 2.57. The topological polar surface area (TPSA) is 93.9 Å². The van der Waals surface area contributed by atoms with E-state index in [1.165, 1.54) is 26.4 Å². The van der Waals surface area contributed by atoms with Gasteiger partial charge in [-0.25, -0.2) is 0 Å². The fraction of sp³-hybridized carbons (Fsp3) is 0.538. The largest absolute Gasteiger partial charge is 0.493 e. The van der Waals surface area contributed by atoms with Gasteiger partial charge in [0, 0.05) is 6.07 Å². The highest BCUT2D eigenvalue weighted by atomic mass is 16.6. The second-order valence-corrected chi connectivity index (χ2v) is 4.90. The number of methoxy groups -OCH3 is 2. The smallest absolute Gasteiger partial charge is 0.296 e. The minimum atomic E-state index is -0.478. The van der Waals surface area contributed by atoms with Gasteiger partial charge in [-0.3, -0.25) is 10.1 Å². The van der Waals surface area contributed by atoms with Crippen LogP contribution in [-0.2, 0) is 0 Å². The van der Waals surface area contributed by atoms with Crippen molar-refractivity contribution in [3.05, 3.63) is 22.2 Å². The molecule has 2 rings (SSSR count). The molecular formula is C13H18N2O5. The third-order valence-electron chi connectivity index (χ3n) is 3.71. The van der Waals surface area contributed by atoms with Gasteiger partial charge >= 0.3 is 0 Å². The fourth-order valence-electron chi connectivity index (χ4n) is 2.33. The van der Waals surface area contributed by atoms with Gasteiger partial charge in [0.1, 0.15) is 5.69 Å². The lowest BCUT2D eigenvalue weighted by molar-refractivity contribution is -0.384. The number of nitrogens with one attached hydrogen (secondary N) is 1. The van der Waals surface area contributed by atoms with Gasteiger partial charge in [-0.2, -0.15) is 0 Å². The molecule has 7 nitrogen and oxygen atoms in total. The van der Waals surface area contributed by atoms with Crippen LogP contribution in [0.3, 0.4) is 0 Å². The van der Waals surface area contributed by atoms with Crippen molar-refractivity contribution in [3.8, 4) is 11.5 Å². The molecule has 0 aliphatic heterocycles. The number of rotatable bonds is 6. The van der Waals surface area contributed by atoms with Crippen molar-refractivity contribution in [3.63, 3.8) is 0 Å². The third-order valence-corrected chi connectivity index (χ3v) is 3.71. The van der Waals surface area contributed by atoms with Crippen LogP contribution >= 0.6 is 0 Å². The summed E-state index contributed by atoms with van der Waals surface area (Å²) >= 11 is 0. The van der Waals surface area contributed by atoms with E-state index in [2.05, 4.69) is 5.32 Å². The molecule has 1 aliphatic carbocycles. The van der Waals surface area contributed by atoms with Crippen LogP contribution < -0.4 is 14.8 Å². The predicted octanol–water partition coefficient (Wildman–Crippen LogP) is 1.94. The molecular weight excluding hydrogens is 264 g/mol. The second kappa shape index (κ2) is 5.54. The summed E-state index contributed by atoms with van der Waals surface area (Å²) in [5.74, 6) is 0.712. The molecule has 0 amide bonds. The molecule has 1 aromatic carbocycles. The molecule has 110 valence electrons. The molecule has 1 fully saturated rings. The first-order valence-electron chi connectivity index (χ1n) is 6.35. The van der Waals surface area contributed by atoms with Gasteiger partial charge in [-0.15, -0.1) is 0 Å². The molecule has 0 atom stereocenters. The number of anilines is 1. The number of hydrogen-bond donors (Lipinski definition) is 2. The standard InChI is InChI=1S/C13H18N2O5/c1-19-11-6-9(14-13(8-16)4-3-5-13)10(15(17)18)7-12(11)20-2/h6-7,14,16H,3-5,8H2,1-2H3. The summed E-state index contributed by atoms with van der Waals surface area (Å²) in [5, 5.41) is 23.7. The second-order valence-electron chi connectivity index (χ2n) is 4.90. The Morgan fingerprint density at radius 1 is 1.35 bits per heavy atom. The number of aliphatic hydroxyl groups excluding tert-OH is 1. The van der Waals surface area contributed by atoms with E-state index in [0.717, 1.165) is 19.3 Å². The highest BCUT2D eigenvalue weighted by Gasteiger charge is 2.38. The first-order chi connectivity index (χ1) is 9.55. The van der Waals surface area contributed by atoms with E-state index < -0.39 is 10.5 Å². The average molecular weight is 282 g/mol. The number of hydrogen-bond acceptors (Lipinski definition) is 6. The Balaban J connectivity index is 2.41. The SMILES string of the molecule is COc1cc(NC2(CO)CCC2)c([N+](=O)[O-])cc1OC. The summed E-state index contributed by atoms with van der Waals surface area (Å²) in [6.45, 7) is -0.0570. The summed E-state index contributed by atoms with van der Waals surface area (Å²) in [4.78, 5) is 10.7. The van der Waals surface area contributed by atoms with Gasteiger partial charge in [0.2, 0.25) is 0 Å². The van der Waals surface area contributed by atoms with Crippen LogP contribution in [0.25, 0.3) is 0 Å². The number of aliphatic hydroxyl groups is 1. The van der Waals surface area contributed by atoms with Crippen LogP contribution in [0.5, 0.6) is 11.5 Å². The molecule has 0 bridgehead atoms. The van der Waals surface area contributed by atoms with Crippen molar-refractivity contribution in [2.24, 2.45) is 0 Å². The summed E-state index contributed by atoms with van der Waals surface area (Å²) < 4.78 is 10.2. The van der Waals surface area contributed by atoms with Crippen molar-refractivity contribution in [2.45, 2.75) is 24.8 Å². The molecule has 20 heavy (non-hydrogen) atoms. The number of ether oxygens (including phenoxy) is 2. The Labute approximate surface area is 116 Å². The van der Waals surface area contributed by atoms with Gasteiger partial charge in [0.25, 0.3) is 5.69 Å². The highest BCUT2D eigenvalue weighted by Crippen LogP contribution is 2.42. The molecule has 1 saturated carbocycles. The molecule has 0 saturated heterocycles. The van der Waals surface area contributed by atoms with E-state index in [1.54, 1.807) is 0 Å². The zero-order chi connectivity index (χ0) is 14.8. The fourth-order valence-corrected chi connectivity index (χ4v) is 2.33. The molecule has 2 N–H and O–H groups in total. The summed E-state index contributed by atoms with van der Waals surface area (Å²) in [5.41, 5.74) is -0.228. The Morgan fingerprint density at radius 3 is 2.35 bits per heavy atom. The molecule has 1 aliphatic rings. The third kappa shape index (κ3) is 2.49. The van der Waals surface area contributed by atoms with Gasteiger partial charge in [-0.1, -0.05) is 0 Å². The van der Waals surface area contributed by atoms with Crippen molar-refractivity contribution in [1.82, 2.24) is 0 Å². The molecule has 0 spiro atoms. The van der Waals surface area contributed by atoms with Gasteiger partial charge in [0.05, 0.1) is 37.4 Å². The Hall–Kier alpha value is -2.02. The number of benzene rings is 1. The van der Waals surface area contributed by atoms with Gasteiger partial charge in [0.15, 0.2) is 11.5 Å². The van der Waals surface area contributed by atoms with Crippen LogP contribution in [0.15, 0.2) is 12.1 Å². The van der Waals surface area contributed by atoms with Crippen molar-refractivity contribution in [2.75, 3.05) is 26.1 Å². The molecule has 0 unspecified atom stereocenters. The highest BCUT2D eigenvalue weighted by molar-refractivity contribution is 5.69. The monoisotopic (exact) mass is 282 g/mol. The van der Waals surface area contributed by atoms with E-state index in [9.17, 15) is 15.2 Å². The Kier molecular flexibility index (Phi) is 3.99. The Morgan fingerprint density at radius 2 is 1.95 bits per heavy atom. The minimum Gasteiger partial charge on any atom is -0.493 e. The molecule has 1 aromatic rings. The maximum Gasteiger partial charge on any atom is 0.296 e. The minimum absolute atomic E-state index is 0.0570. The normalized spacial score (nSPS) is 16.1. The van der Waals surface area contributed by atoms with E-state index in [4.69, 9.17) is 9.47 Å². The number of nitro benzene ring substituents is 1. The lowest BCUT2D eigenvalue weighted by Gasteiger charge is -2.41. The van der Waals surface area contributed by atoms with Crippen LogP contribution in [-0.4, -0.2) is 36.4 Å². The molecule has 0 aromatic heterocycles. The number of nitro groups is 1. The van der Waals surface area contributed by atoms with Crippen LogP contribution in [0.2, 0.25) is 0 Å². The molecule has 0 heterocycles. The first kappa shape index (κ1) is 14.4. The zero-order valence-electron chi connectivity index (χ0n) is 11.5. The van der Waals surface area contributed by atoms with Crippen LogP contribution in [0, 0.1) is 10.1 Å². The lowest BCUT2D eigenvalue weighted by atomic mass is 9.77. The maximum absolute atomic E-state index is 11.2. The van der Waals surface area contributed by atoms with Crippen molar-refractivity contribution in [1.29, 1.82) is 0 Å². The maximum atomic E-state index is 11.2. The predicted molar refractivity (Wildman–Crippen MR) is 73.5 cm³/mol. The summed E-state index contributed by atoms with van der Waals surface area (Å²) in [6, 6.07) is 2.86. The average Bonchev–Trinajstić information content (AvgIpc) is 2.41. The Bertz CT molecular complexity index is 508. The molecule has 7 heteroatoms. The quantitative estimate of drug-likeness (QED) is 0.611.